The fraction of sp³-hybridized carbons (Fsp3) is 0.167. The molecule has 0 aliphatic heterocycles. The average Bonchev–Trinajstić information content (AvgIpc) is 2.31. The number of carbonyl (C=O) groups is 1. The van der Waals surface area contributed by atoms with Crippen LogP contribution < -0.4 is 0 Å². The molecule has 2 rings (SSSR count). The van der Waals surface area contributed by atoms with Crippen LogP contribution in [-0.2, 0) is 6.18 Å². The lowest BCUT2D eigenvalue weighted by molar-refractivity contribution is -0.136. The van der Waals surface area contributed by atoms with Crippen LogP contribution in [0.2, 0.25) is 5.02 Å². The standard InChI is InChI=1S/C12H7ClF3NO2/c1-5-2-3-7(13)8-9(12(14,15)16)6(11(18)19)4-17-10(5)8/h2-4H,1H3,(H,18,19). The van der Waals surface area contributed by atoms with E-state index in [-0.39, 0.29) is 15.9 Å². The second-order valence-electron chi connectivity index (χ2n) is 3.94. The smallest absolute Gasteiger partial charge is 0.418 e. The Kier molecular flexibility index (Phi) is 3.14. The van der Waals surface area contributed by atoms with E-state index in [2.05, 4.69) is 4.98 Å². The Morgan fingerprint density at radius 1 is 1.37 bits per heavy atom. The van der Waals surface area contributed by atoms with Gasteiger partial charge in [0, 0.05) is 11.6 Å². The second kappa shape index (κ2) is 4.38. The lowest BCUT2D eigenvalue weighted by atomic mass is 10.0. The molecular weight excluding hydrogens is 283 g/mol. The number of nitrogens with zero attached hydrogens (tertiary/aromatic N) is 1. The first-order chi connectivity index (χ1) is 8.73. The first-order valence-corrected chi connectivity index (χ1v) is 5.49. The van der Waals surface area contributed by atoms with E-state index >= 15 is 0 Å². The van der Waals surface area contributed by atoms with E-state index in [1.165, 1.54) is 12.1 Å². The minimum atomic E-state index is -4.83. The number of aryl methyl sites for hydroxylation is 1. The van der Waals surface area contributed by atoms with Crippen molar-refractivity contribution in [3.05, 3.63) is 40.0 Å². The maximum absolute atomic E-state index is 13.1. The summed E-state index contributed by atoms with van der Waals surface area (Å²) in [7, 11) is 0. The van der Waals surface area contributed by atoms with E-state index in [1.807, 2.05) is 0 Å². The van der Waals surface area contributed by atoms with Crippen LogP contribution in [0.15, 0.2) is 18.3 Å². The maximum Gasteiger partial charge on any atom is 0.418 e. The zero-order valence-electron chi connectivity index (χ0n) is 9.55. The number of benzene rings is 1. The summed E-state index contributed by atoms with van der Waals surface area (Å²) in [6.45, 7) is 1.58. The molecule has 1 aromatic heterocycles. The Balaban J connectivity index is 3.04. The van der Waals surface area contributed by atoms with E-state index in [9.17, 15) is 18.0 Å². The third-order valence-corrected chi connectivity index (χ3v) is 3.00. The third kappa shape index (κ3) is 2.23. The van der Waals surface area contributed by atoms with Crippen LogP contribution in [0.1, 0.15) is 21.5 Å². The van der Waals surface area contributed by atoms with Crippen LogP contribution in [0.25, 0.3) is 10.9 Å². The maximum atomic E-state index is 13.1. The molecule has 0 fully saturated rings. The monoisotopic (exact) mass is 289 g/mol. The lowest BCUT2D eigenvalue weighted by Gasteiger charge is -2.15. The van der Waals surface area contributed by atoms with Gasteiger partial charge < -0.3 is 5.11 Å². The molecular formula is C12H7ClF3NO2. The Labute approximate surface area is 110 Å². The fourth-order valence-electron chi connectivity index (χ4n) is 1.86. The number of hydrogen-bond acceptors (Lipinski definition) is 2. The summed E-state index contributed by atoms with van der Waals surface area (Å²) < 4.78 is 39.3. The van der Waals surface area contributed by atoms with E-state index in [0.717, 1.165) is 0 Å². The van der Waals surface area contributed by atoms with Crippen LogP contribution in [0.3, 0.4) is 0 Å². The van der Waals surface area contributed by atoms with Crippen LogP contribution in [0.4, 0.5) is 13.2 Å². The molecule has 0 unspecified atom stereocenters. The quantitative estimate of drug-likeness (QED) is 0.866. The molecule has 1 aromatic carbocycles. The van der Waals surface area contributed by atoms with Gasteiger partial charge >= 0.3 is 12.1 Å². The summed E-state index contributed by atoms with van der Waals surface area (Å²) in [4.78, 5) is 14.7. The number of alkyl halides is 3. The van der Waals surface area contributed by atoms with Gasteiger partial charge in [0.2, 0.25) is 0 Å². The van der Waals surface area contributed by atoms with Gasteiger partial charge in [0.05, 0.1) is 21.7 Å². The predicted octanol–water partition coefficient (Wildman–Crippen LogP) is 3.91. The molecule has 0 atom stereocenters. The summed E-state index contributed by atoms with van der Waals surface area (Å²) in [5, 5.41) is 8.31. The highest BCUT2D eigenvalue weighted by Gasteiger charge is 2.38. The van der Waals surface area contributed by atoms with Gasteiger partial charge in [0.15, 0.2) is 0 Å². The minimum absolute atomic E-state index is 0.0461. The van der Waals surface area contributed by atoms with Crippen molar-refractivity contribution >= 4 is 28.5 Å². The highest BCUT2D eigenvalue weighted by molar-refractivity contribution is 6.36. The molecule has 19 heavy (non-hydrogen) atoms. The van der Waals surface area contributed by atoms with E-state index in [1.54, 1.807) is 6.92 Å². The molecule has 7 heteroatoms. The van der Waals surface area contributed by atoms with Crippen LogP contribution in [0, 0.1) is 6.92 Å². The predicted molar refractivity (Wildman–Crippen MR) is 63.5 cm³/mol. The molecule has 100 valence electrons. The molecule has 0 radical (unpaired) electrons. The van der Waals surface area contributed by atoms with Crippen molar-refractivity contribution in [1.29, 1.82) is 0 Å². The summed E-state index contributed by atoms with van der Waals surface area (Å²) in [5.74, 6) is -1.70. The number of carboxylic acid groups (broad SMARTS) is 1. The molecule has 2 aromatic rings. The van der Waals surface area contributed by atoms with Gasteiger partial charge in [-0.2, -0.15) is 13.2 Å². The van der Waals surface area contributed by atoms with Gasteiger partial charge in [0.25, 0.3) is 0 Å². The number of carboxylic acids is 1. The largest absolute Gasteiger partial charge is 0.478 e. The lowest BCUT2D eigenvalue weighted by Crippen LogP contribution is -2.14. The first-order valence-electron chi connectivity index (χ1n) is 5.11. The van der Waals surface area contributed by atoms with Crippen molar-refractivity contribution in [3.63, 3.8) is 0 Å². The van der Waals surface area contributed by atoms with Crippen LogP contribution in [0.5, 0.6) is 0 Å². The summed E-state index contributed by atoms with van der Waals surface area (Å²) in [6, 6.07) is 2.82. The Hall–Kier alpha value is -1.82. The van der Waals surface area contributed by atoms with Gasteiger partial charge in [-0.1, -0.05) is 17.7 Å². The van der Waals surface area contributed by atoms with Crippen molar-refractivity contribution in [3.8, 4) is 0 Å². The summed E-state index contributed by atoms with van der Waals surface area (Å²) in [5.41, 5.74) is -1.64. The summed E-state index contributed by atoms with van der Waals surface area (Å²) >= 11 is 5.78. The van der Waals surface area contributed by atoms with Gasteiger partial charge in [-0.15, -0.1) is 0 Å². The number of pyridine rings is 1. The zero-order valence-corrected chi connectivity index (χ0v) is 10.3. The van der Waals surface area contributed by atoms with E-state index in [0.29, 0.717) is 11.8 Å². The molecule has 1 heterocycles. The number of halogens is 4. The molecule has 0 aliphatic carbocycles. The average molecular weight is 290 g/mol. The minimum Gasteiger partial charge on any atom is -0.478 e. The van der Waals surface area contributed by atoms with Crippen LogP contribution in [-0.4, -0.2) is 16.1 Å². The Morgan fingerprint density at radius 3 is 2.53 bits per heavy atom. The molecule has 0 bridgehead atoms. The van der Waals surface area contributed by atoms with Crippen molar-refractivity contribution in [2.75, 3.05) is 0 Å². The van der Waals surface area contributed by atoms with Gasteiger partial charge in [-0.05, 0) is 18.6 Å². The van der Waals surface area contributed by atoms with Crippen molar-refractivity contribution in [2.45, 2.75) is 13.1 Å². The molecule has 0 saturated heterocycles. The molecule has 0 amide bonds. The number of rotatable bonds is 1. The molecule has 3 nitrogen and oxygen atoms in total. The number of aromatic carboxylic acids is 1. The molecule has 0 saturated carbocycles. The van der Waals surface area contributed by atoms with Crippen LogP contribution >= 0.6 is 11.6 Å². The topological polar surface area (TPSA) is 50.2 Å². The first kappa shape index (κ1) is 13.6. The van der Waals surface area contributed by atoms with E-state index < -0.39 is 23.3 Å². The van der Waals surface area contributed by atoms with E-state index in [4.69, 9.17) is 16.7 Å². The van der Waals surface area contributed by atoms with Gasteiger partial charge in [0.1, 0.15) is 0 Å². The summed E-state index contributed by atoms with van der Waals surface area (Å²) in [6.07, 6.45) is -4.12. The number of fused-ring (bicyclic) bond motifs is 1. The Morgan fingerprint density at radius 2 is 2.00 bits per heavy atom. The highest BCUT2D eigenvalue weighted by atomic mass is 35.5. The molecule has 1 N–H and O–H groups in total. The fourth-order valence-corrected chi connectivity index (χ4v) is 2.11. The Bertz CT molecular complexity index is 683. The molecule has 0 aliphatic rings. The molecule has 0 spiro atoms. The van der Waals surface area contributed by atoms with Crippen molar-refractivity contribution in [2.24, 2.45) is 0 Å². The third-order valence-electron chi connectivity index (χ3n) is 2.68. The number of aromatic nitrogens is 1. The van der Waals surface area contributed by atoms with Crippen molar-refractivity contribution < 1.29 is 23.1 Å². The van der Waals surface area contributed by atoms with Gasteiger partial charge in [-0.3, -0.25) is 4.98 Å². The SMILES string of the molecule is Cc1ccc(Cl)c2c(C(F)(F)F)c(C(=O)O)cnc12. The number of hydrogen-bond donors (Lipinski definition) is 1. The van der Waals surface area contributed by atoms with Gasteiger partial charge in [-0.25, -0.2) is 4.79 Å². The second-order valence-corrected chi connectivity index (χ2v) is 4.34. The van der Waals surface area contributed by atoms with Crippen molar-refractivity contribution in [1.82, 2.24) is 4.98 Å². The zero-order chi connectivity index (χ0) is 14.4. The normalized spacial score (nSPS) is 11.8. The highest BCUT2D eigenvalue weighted by Crippen LogP contribution is 2.40.